The fraction of sp³-hybridized carbons (Fsp3) is 0.214. The van der Waals surface area contributed by atoms with Crippen molar-refractivity contribution in [2.24, 2.45) is 0 Å². The Morgan fingerprint density at radius 3 is 3.05 bits per heavy atom. The second-order valence-corrected chi connectivity index (χ2v) is 4.59. The second-order valence-electron chi connectivity index (χ2n) is 4.59. The summed E-state index contributed by atoms with van der Waals surface area (Å²) in [6, 6.07) is 8.35. The van der Waals surface area contributed by atoms with E-state index in [-0.39, 0.29) is 6.04 Å². The number of nitrogens with one attached hydrogen (secondary N) is 1. The lowest BCUT2D eigenvalue weighted by Crippen LogP contribution is -2.22. The molecule has 1 aromatic carbocycles. The first-order valence-corrected chi connectivity index (χ1v) is 6.25. The van der Waals surface area contributed by atoms with Crippen molar-refractivity contribution in [2.75, 3.05) is 5.32 Å². The van der Waals surface area contributed by atoms with Gasteiger partial charge in [-0.05, 0) is 6.92 Å². The fourth-order valence-electron chi connectivity index (χ4n) is 2.12. The van der Waals surface area contributed by atoms with Gasteiger partial charge in [0.2, 0.25) is 0 Å². The summed E-state index contributed by atoms with van der Waals surface area (Å²) in [4.78, 5) is 4.04. The van der Waals surface area contributed by atoms with Crippen LogP contribution in [0.15, 0.2) is 49.2 Å². The number of rotatable bonds is 4. The lowest BCUT2D eigenvalue weighted by atomic mass is 10.2. The molecule has 1 atom stereocenters. The van der Waals surface area contributed by atoms with Crippen molar-refractivity contribution < 1.29 is 0 Å². The Labute approximate surface area is 111 Å². The molecule has 0 aliphatic rings. The largest absolute Gasteiger partial charge is 0.364 e. The highest BCUT2D eigenvalue weighted by atomic mass is 15.2. The number of hydrogen-bond donors (Lipinski definition) is 1. The summed E-state index contributed by atoms with van der Waals surface area (Å²) in [7, 11) is 0. The monoisotopic (exact) mass is 253 g/mol. The van der Waals surface area contributed by atoms with Gasteiger partial charge in [0.05, 0.1) is 12.5 Å². The normalized spacial score (nSPS) is 12.5. The lowest BCUT2D eigenvalue weighted by molar-refractivity contribution is 0.616. The Morgan fingerprint density at radius 1 is 1.32 bits per heavy atom. The van der Waals surface area contributed by atoms with Crippen LogP contribution in [0.1, 0.15) is 6.92 Å². The third kappa shape index (κ3) is 2.54. The Bertz CT molecular complexity index is 657. The predicted molar refractivity (Wildman–Crippen MR) is 74.8 cm³/mol. The molecule has 0 saturated carbocycles. The third-order valence-electron chi connectivity index (χ3n) is 3.00. The van der Waals surface area contributed by atoms with E-state index in [1.807, 2.05) is 35.3 Å². The summed E-state index contributed by atoms with van der Waals surface area (Å²) in [6.07, 6.45) is 7.32. The Hall–Kier alpha value is -2.43. The molecule has 0 radical (unpaired) electrons. The molecule has 2 aromatic heterocycles. The van der Waals surface area contributed by atoms with Gasteiger partial charge in [-0.3, -0.25) is 0 Å². The predicted octanol–water partition coefficient (Wildman–Crippen LogP) is 2.33. The molecule has 3 rings (SSSR count). The molecule has 5 heteroatoms. The van der Waals surface area contributed by atoms with E-state index in [9.17, 15) is 0 Å². The molecule has 19 heavy (non-hydrogen) atoms. The highest BCUT2D eigenvalue weighted by Crippen LogP contribution is 2.19. The first kappa shape index (κ1) is 11.6. The van der Waals surface area contributed by atoms with E-state index >= 15 is 0 Å². The van der Waals surface area contributed by atoms with E-state index in [4.69, 9.17) is 0 Å². The standard InChI is InChI=1S/C14H15N5/c1-11(9-19-7-6-15-10-19)17-14-13-5-3-2-4-12(13)8-16-18-14/h2-8,10-11H,9H2,1H3,(H,17,18). The highest BCUT2D eigenvalue weighted by Gasteiger charge is 2.07. The third-order valence-corrected chi connectivity index (χ3v) is 3.00. The van der Waals surface area contributed by atoms with E-state index < -0.39 is 0 Å². The van der Waals surface area contributed by atoms with Crippen LogP contribution in [-0.2, 0) is 6.54 Å². The van der Waals surface area contributed by atoms with Gasteiger partial charge >= 0.3 is 0 Å². The summed E-state index contributed by atoms with van der Waals surface area (Å²) in [5, 5.41) is 13.8. The zero-order chi connectivity index (χ0) is 13.1. The fourth-order valence-corrected chi connectivity index (χ4v) is 2.12. The minimum Gasteiger partial charge on any atom is -0.364 e. The Balaban J connectivity index is 1.81. The van der Waals surface area contributed by atoms with Gasteiger partial charge in [0.15, 0.2) is 5.82 Å². The van der Waals surface area contributed by atoms with Crippen molar-refractivity contribution in [3.8, 4) is 0 Å². The maximum Gasteiger partial charge on any atom is 0.156 e. The van der Waals surface area contributed by atoms with E-state index in [0.29, 0.717) is 0 Å². The Kier molecular flexibility index (Phi) is 3.10. The highest BCUT2D eigenvalue weighted by molar-refractivity contribution is 5.90. The average molecular weight is 253 g/mol. The topological polar surface area (TPSA) is 55.6 Å². The number of nitrogens with zero attached hydrogens (tertiary/aromatic N) is 4. The van der Waals surface area contributed by atoms with Crippen molar-refractivity contribution in [1.29, 1.82) is 0 Å². The number of anilines is 1. The van der Waals surface area contributed by atoms with Crippen LogP contribution in [-0.4, -0.2) is 25.8 Å². The average Bonchev–Trinajstić information content (AvgIpc) is 2.92. The van der Waals surface area contributed by atoms with Crippen LogP contribution < -0.4 is 5.32 Å². The zero-order valence-corrected chi connectivity index (χ0v) is 10.7. The smallest absolute Gasteiger partial charge is 0.156 e. The summed E-state index contributed by atoms with van der Waals surface area (Å²) < 4.78 is 2.04. The first-order valence-electron chi connectivity index (χ1n) is 6.25. The van der Waals surface area contributed by atoms with Crippen molar-refractivity contribution in [2.45, 2.75) is 19.5 Å². The van der Waals surface area contributed by atoms with E-state index in [2.05, 4.69) is 33.5 Å². The first-order chi connectivity index (χ1) is 9.33. The zero-order valence-electron chi connectivity index (χ0n) is 10.7. The van der Waals surface area contributed by atoms with Crippen LogP contribution in [0.25, 0.3) is 10.8 Å². The molecule has 0 fully saturated rings. The molecule has 0 bridgehead atoms. The van der Waals surface area contributed by atoms with Crippen LogP contribution in [0.4, 0.5) is 5.82 Å². The number of benzene rings is 1. The van der Waals surface area contributed by atoms with Crippen LogP contribution in [0.3, 0.4) is 0 Å². The van der Waals surface area contributed by atoms with Gasteiger partial charge in [0, 0.05) is 35.8 Å². The Morgan fingerprint density at radius 2 is 2.21 bits per heavy atom. The van der Waals surface area contributed by atoms with E-state index in [1.54, 1.807) is 12.4 Å². The molecule has 0 amide bonds. The lowest BCUT2D eigenvalue weighted by Gasteiger charge is -2.15. The van der Waals surface area contributed by atoms with Crippen molar-refractivity contribution >= 4 is 16.6 Å². The number of aromatic nitrogens is 4. The molecule has 96 valence electrons. The molecule has 1 unspecified atom stereocenters. The molecule has 3 aromatic rings. The van der Waals surface area contributed by atoms with Gasteiger partial charge < -0.3 is 9.88 Å². The molecular weight excluding hydrogens is 238 g/mol. The van der Waals surface area contributed by atoms with Crippen molar-refractivity contribution in [3.63, 3.8) is 0 Å². The number of hydrogen-bond acceptors (Lipinski definition) is 4. The number of imidazole rings is 1. The molecule has 0 aliphatic carbocycles. The maximum absolute atomic E-state index is 4.19. The van der Waals surface area contributed by atoms with Crippen LogP contribution >= 0.6 is 0 Å². The van der Waals surface area contributed by atoms with Crippen LogP contribution in [0.5, 0.6) is 0 Å². The van der Waals surface area contributed by atoms with E-state index in [0.717, 1.165) is 23.1 Å². The number of fused-ring (bicyclic) bond motifs is 1. The summed E-state index contributed by atoms with van der Waals surface area (Å²) in [5.74, 6) is 0.825. The molecule has 5 nitrogen and oxygen atoms in total. The summed E-state index contributed by atoms with van der Waals surface area (Å²) in [5.41, 5.74) is 0. The van der Waals surface area contributed by atoms with Gasteiger partial charge in [-0.1, -0.05) is 24.3 Å². The van der Waals surface area contributed by atoms with Gasteiger partial charge in [0.25, 0.3) is 0 Å². The SMILES string of the molecule is CC(Cn1ccnc1)Nc1nncc2ccccc12. The minimum atomic E-state index is 0.245. The van der Waals surface area contributed by atoms with Crippen LogP contribution in [0.2, 0.25) is 0 Å². The van der Waals surface area contributed by atoms with Gasteiger partial charge in [-0.2, -0.15) is 5.10 Å². The molecular formula is C14H15N5. The van der Waals surface area contributed by atoms with Crippen LogP contribution in [0, 0.1) is 0 Å². The van der Waals surface area contributed by atoms with Crippen molar-refractivity contribution in [1.82, 2.24) is 19.7 Å². The summed E-state index contributed by atoms with van der Waals surface area (Å²) >= 11 is 0. The summed E-state index contributed by atoms with van der Waals surface area (Å²) in [6.45, 7) is 2.95. The maximum atomic E-state index is 4.19. The molecule has 0 spiro atoms. The van der Waals surface area contributed by atoms with Gasteiger partial charge in [-0.15, -0.1) is 5.10 Å². The molecule has 0 saturated heterocycles. The van der Waals surface area contributed by atoms with E-state index in [1.165, 1.54) is 0 Å². The van der Waals surface area contributed by atoms with Gasteiger partial charge in [0.1, 0.15) is 0 Å². The van der Waals surface area contributed by atoms with Gasteiger partial charge in [-0.25, -0.2) is 4.98 Å². The van der Waals surface area contributed by atoms with Crippen molar-refractivity contribution in [3.05, 3.63) is 49.2 Å². The minimum absolute atomic E-state index is 0.245. The molecule has 2 heterocycles. The quantitative estimate of drug-likeness (QED) is 0.775. The molecule has 0 aliphatic heterocycles. The second kappa shape index (κ2) is 5.06. The molecule has 1 N–H and O–H groups in total.